The monoisotopic (exact) mass is 266 g/mol. The van der Waals surface area contributed by atoms with E-state index in [4.69, 9.17) is 10.5 Å². The summed E-state index contributed by atoms with van der Waals surface area (Å²) in [5.74, 6) is 0.797. The Bertz CT molecular complexity index is 790. The van der Waals surface area contributed by atoms with Gasteiger partial charge in [-0.15, -0.1) is 0 Å². The Hall–Kier alpha value is -2.75. The van der Waals surface area contributed by atoms with Crippen LogP contribution in [-0.2, 0) is 0 Å². The molecule has 3 rings (SSSR count). The fraction of sp³-hybridized carbons (Fsp3) is 0.0625. The Labute approximate surface area is 116 Å². The molecule has 0 atom stereocenters. The van der Waals surface area contributed by atoms with Crippen LogP contribution < -0.4 is 10.5 Å². The SMILES string of the molecule is COc1ccc2[nH]c(-c3cc(N)ccc3C=O)cc2c1. The summed E-state index contributed by atoms with van der Waals surface area (Å²) in [6.45, 7) is 0. The Morgan fingerprint density at radius 1 is 1.15 bits per heavy atom. The normalized spacial score (nSPS) is 10.7. The molecule has 100 valence electrons. The third kappa shape index (κ3) is 2.01. The number of nitrogens with two attached hydrogens (primary N) is 1. The number of ether oxygens (including phenoxy) is 1. The topological polar surface area (TPSA) is 68.1 Å². The van der Waals surface area contributed by atoms with Gasteiger partial charge in [0, 0.05) is 33.4 Å². The molecule has 3 aromatic rings. The van der Waals surface area contributed by atoms with Gasteiger partial charge < -0.3 is 15.5 Å². The van der Waals surface area contributed by atoms with Gasteiger partial charge in [-0.2, -0.15) is 0 Å². The van der Waals surface area contributed by atoms with Crippen molar-refractivity contribution in [3.63, 3.8) is 0 Å². The van der Waals surface area contributed by atoms with E-state index in [9.17, 15) is 4.79 Å². The molecule has 4 heteroatoms. The van der Waals surface area contributed by atoms with E-state index in [0.29, 0.717) is 11.3 Å². The first-order chi connectivity index (χ1) is 9.71. The maximum absolute atomic E-state index is 11.2. The van der Waals surface area contributed by atoms with Crippen LogP contribution in [0.3, 0.4) is 0 Å². The molecule has 0 spiro atoms. The van der Waals surface area contributed by atoms with Gasteiger partial charge in [0.2, 0.25) is 0 Å². The number of aldehydes is 1. The molecule has 3 N–H and O–H groups in total. The number of carbonyl (C=O) groups is 1. The van der Waals surface area contributed by atoms with Crippen LogP contribution in [0.2, 0.25) is 0 Å². The van der Waals surface area contributed by atoms with E-state index >= 15 is 0 Å². The van der Waals surface area contributed by atoms with E-state index in [1.807, 2.05) is 24.3 Å². The number of hydrogen-bond donors (Lipinski definition) is 2. The highest BCUT2D eigenvalue weighted by atomic mass is 16.5. The van der Waals surface area contributed by atoms with Crippen molar-refractivity contribution < 1.29 is 9.53 Å². The zero-order valence-electron chi connectivity index (χ0n) is 11.0. The van der Waals surface area contributed by atoms with Crippen molar-refractivity contribution in [3.05, 3.63) is 48.0 Å². The third-order valence-corrected chi connectivity index (χ3v) is 3.32. The number of H-pyrrole nitrogens is 1. The minimum atomic E-state index is 0.609. The molecule has 1 heterocycles. The first-order valence-electron chi connectivity index (χ1n) is 6.23. The van der Waals surface area contributed by atoms with Crippen molar-refractivity contribution in [3.8, 4) is 17.0 Å². The minimum Gasteiger partial charge on any atom is -0.497 e. The van der Waals surface area contributed by atoms with Gasteiger partial charge in [-0.05, 0) is 42.5 Å². The summed E-state index contributed by atoms with van der Waals surface area (Å²) in [6, 6.07) is 13.0. The number of carbonyl (C=O) groups excluding carboxylic acids is 1. The van der Waals surface area contributed by atoms with Crippen LogP contribution >= 0.6 is 0 Å². The lowest BCUT2D eigenvalue weighted by atomic mass is 10.0. The highest BCUT2D eigenvalue weighted by molar-refractivity contribution is 5.93. The van der Waals surface area contributed by atoms with Crippen LogP contribution in [0, 0.1) is 0 Å². The van der Waals surface area contributed by atoms with E-state index in [0.717, 1.165) is 34.2 Å². The van der Waals surface area contributed by atoms with Crippen molar-refractivity contribution in [2.24, 2.45) is 0 Å². The molecule has 0 aliphatic carbocycles. The number of hydrogen-bond acceptors (Lipinski definition) is 3. The van der Waals surface area contributed by atoms with Gasteiger partial charge in [-0.1, -0.05) is 0 Å². The summed E-state index contributed by atoms with van der Waals surface area (Å²) in [7, 11) is 1.64. The van der Waals surface area contributed by atoms with Crippen LogP contribution in [0.5, 0.6) is 5.75 Å². The molecule has 0 saturated carbocycles. The van der Waals surface area contributed by atoms with E-state index < -0.39 is 0 Å². The quantitative estimate of drug-likeness (QED) is 0.565. The lowest BCUT2D eigenvalue weighted by Crippen LogP contribution is -1.91. The fourth-order valence-corrected chi connectivity index (χ4v) is 2.29. The number of nitrogen functional groups attached to an aromatic ring is 1. The summed E-state index contributed by atoms with van der Waals surface area (Å²) in [6.07, 6.45) is 0.834. The van der Waals surface area contributed by atoms with Gasteiger partial charge in [0.05, 0.1) is 7.11 Å². The summed E-state index contributed by atoms with van der Waals surface area (Å²) in [5.41, 5.74) is 9.70. The van der Waals surface area contributed by atoms with Crippen LogP contribution in [0.25, 0.3) is 22.2 Å². The molecular weight excluding hydrogens is 252 g/mol. The van der Waals surface area contributed by atoms with Crippen molar-refractivity contribution in [1.82, 2.24) is 4.98 Å². The Balaban J connectivity index is 2.19. The van der Waals surface area contributed by atoms with E-state index in [1.165, 1.54) is 0 Å². The number of aromatic nitrogens is 1. The molecule has 0 radical (unpaired) electrons. The van der Waals surface area contributed by atoms with Crippen LogP contribution in [0.1, 0.15) is 10.4 Å². The van der Waals surface area contributed by atoms with Gasteiger partial charge in [-0.3, -0.25) is 4.79 Å². The van der Waals surface area contributed by atoms with E-state index in [1.54, 1.807) is 25.3 Å². The Kier molecular flexibility index (Phi) is 2.91. The second-order valence-electron chi connectivity index (χ2n) is 4.60. The van der Waals surface area contributed by atoms with E-state index in [2.05, 4.69) is 4.98 Å². The second kappa shape index (κ2) is 4.74. The maximum Gasteiger partial charge on any atom is 0.150 e. The molecule has 0 amide bonds. The smallest absolute Gasteiger partial charge is 0.150 e. The number of methoxy groups -OCH3 is 1. The molecule has 4 nitrogen and oxygen atoms in total. The molecule has 0 fully saturated rings. The Morgan fingerprint density at radius 2 is 2.00 bits per heavy atom. The maximum atomic E-state index is 11.2. The van der Waals surface area contributed by atoms with Crippen LogP contribution in [-0.4, -0.2) is 18.4 Å². The number of nitrogens with one attached hydrogen (secondary N) is 1. The average molecular weight is 266 g/mol. The summed E-state index contributed by atoms with van der Waals surface area (Å²) in [5, 5.41) is 1.03. The standard InChI is InChI=1S/C16H14N2O2/c1-20-13-4-5-15-11(6-13)7-16(18-15)14-8-12(17)3-2-10(14)9-19/h2-9,18H,17H2,1H3. The largest absolute Gasteiger partial charge is 0.497 e. The van der Waals surface area contributed by atoms with Gasteiger partial charge in [0.1, 0.15) is 5.75 Å². The van der Waals surface area contributed by atoms with Crippen LogP contribution in [0.4, 0.5) is 5.69 Å². The van der Waals surface area contributed by atoms with Crippen molar-refractivity contribution >= 4 is 22.9 Å². The highest BCUT2D eigenvalue weighted by Crippen LogP contribution is 2.29. The minimum absolute atomic E-state index is 0.609. The van der Waals surface area contributed by atoms with Gasteiger partial charge in [0.15, 0.2) is 6.29 Å². The van der Waals surface area contributed by atoms with Gasteiger partial charge in [-0.25, -0.2) is 0 Å². The second-order valence-corrected chi connectivity index (χ2v) is 4.60. The zero-order chi connectivity index (χ0) is 14.1. The number of aromatic amines is 1. The fourth-order valence-electron chi connectivity index (χ4n) is 2.29. The third-order valence-electron chi connectivity index (χ3n) is 3.32. The average Bonchev–Trinajstić information content (AvgIpc) is 2.89. The summed E-state index contributed by atoms with van der Waals surface area (Å²) < 4.78 is 5.21. The zero-order valence-corrected chi connectivity index (χ0v) is 11.0. The lowest BCUT2D eigenvalue weighted by molar-refractivity contribution is 0.112. The van der Waals surface area contributed by atoms with Gasteiger partial charge in [0.25, 0.3) is 0 Å². The molecule has 0 saturated heterocycles. The molecule has 2 aromatic carbocycles. The van der Waals surface area contributed by atoms with Crippen molar-refractivity contribution in [2.45, 2.75) is 0 Å². The lowest BCUT2D eigenvalue weighted by Gasteiger charge is -2.03. The number of benzene rings is 2. The summed E-state index contributed by atoms with van der Waals surface area (Å²) in [4.78, 5) is 14.4. The number of anilines is 1. The first kappa shape index (κ1) is 12.3. The highest BCUT2D eigenvalue weighted by Gasteiger charge is 2.09. The van der Waals surface area contributed by atoms with E-state index in [-0.39, 0.29) is 0 Å². The molecule has 0 unspecified atom stereocenters. The van der Waals surface area contributed by atoms with Crippen LogP contribution in [0.15, 0.2) is 42.5 Å². The molecular formula is C16H14N2O2. The van der Waals surface area contributed by atoms with Crippen molar-refractivity contribution in [2.75, 3.05) is 12.8 Å². The molecule has 0 bridgehead atoms. The first-order valence-corrected chi connectivity index (χ1v) is 6.23. The van der Waals surface area contributed by atoms with Gasteiger partial charge >= 0.3 is 0 Å². The molecule has 20 heavy (non-hydrogen) atoms. The predicted octanol–water partition coefficient (Wildman–Crippen LogP) is 3.24. The summed E-state index contributed by atoms with van der Waals surface area (Å²) >= 11 is 0. The Morgan fingerprint density at radius 3 is 2.75 bits per heavy atom. The molecule has 1 aromatic heterocycles. The molecule has 0 aliphatic heterocycles. The predicted molar refractivity (Wildman–Crippen MR) is 80.1 cm³/mol. The van der Waals surface area contributed by atoms with Crippen molar-refractivity contribution in [1.29, 1.82) is 0 Å². The number of rotatable bonds is 3. The number of fused-ring (bicyclic) bond motifs is 1. The molecule has 0 aliphatic rings.